The minimum atomic E-state index is -0.431. The molecule has 0 bridgehead atoms. The summed E-state index contributed by atoms with van der Waals surface area (Å²) >= 11 is 9.76. The van der Waals surface area contributed by atoms with Gasteiger partial charge in [-0.15, -0.1) is 0 Å². The van der Waals surface area contributed by atoms with Gasteiger partial charge in [-0.25, -0.2) is 0 Å². The smallest absolute Gasteiger partial charge is 0.269 e. The van der Waals surface area contributed by atoms with Crippen molar-refractivity contribution in [1.82, 2.24) is 15.8 Å². The van der Waals surface area contributed by atoms with Crippen molar-refractivity contribution in [2.45, 2.75) is 6.42 Å². The minimum absolute atomic E-state index is 0.000191. The van der Waals surface area contributed by atoms with Crippen LogP contribution in [-0.4, -0.2) is 33.5 Å². The Morgan fingerprint density at radius 1 is 1.06 bits per heavy atom. The Labute approximate surface area is 197 Å². The van der Waals surface area contributed by atoms with Crippen LogP contribution in [-0.2, 0) is 9.59 Å². The highest BCUT2D eigenvalue weighted by Gasteiger charge is 2.31. The predicted octanol–water partition coefficient (Wildman–Crippen LogP) is 4.06. The Balaban J connectivity index is 1.47. The van der Waals surface area contributed by atoms with Crippen molar-refractivity contribution < 1.29 is 14.4 Å². The molecule has 0 aliphatic carbocycles. The molecule has 0 atom stereocenters. The Morgan fingerprint density at radius 2 is 1.77 bits per heavy atom. The van der Waals surface area contributed by atoms with Crippen LogP contribution in [0.5, 0.6) is 0 Å². The summed E-state index contributed by atoms with van der Waals surface area (Å²) in [6.07, 6.45) is 5.41. The van der Waals surface area contributed by atoms with E-state index in [1.807, 2.05) is 36.4 Å². The fourth-order valence-electron chi connectivity index (χ4n) is 2.59. The molecule has 1 saturated heterocycles. The van der Waals surface area contributed by atoms with Crippen LogP contribution in [0.1, 0.15) is 22.3 Å². The van der Waals surface area contributed by atoms with Crippen molar-refractivity contribution in [3.8, 4) is 0 Å². The second-order valence-corrected chi connectivity index (χ2v) is 8.98. The highest BCUT2D eigenvalue weighted by atomic mass is 79.9. The van der Waals surface area contributed by atoms with E-state index in [4.69, 9.17) is 12.2 Å². The molecule has 2 aromatic rings. The van der Waals surface area contributed by atoms with E-state index in [0.29, 0.717) is 14.8 Å². The largest absolute Gasteiger partial charge is 0.292 e. The van der Waals surface area contributed by atoms with Crippen molar-refractivity contribution in [3.05, 3.63) is 87.3 Å². The monoisotopic (exact) mass is 515 g/mol. The number of thiocarbonyl (C=S) groups is 1. The number of carbonyl (C=O) groups is 3. The van der Waals surface area contributed by atoms with E-state index in [1.165, 1.54) is 16.7 Å². The standard InChI is InChI=1S/C22H18BrN3O3S2/c23-17-11-9-16(10-12-17)20(28)25-24-19(27)13-14-26-21(29)18(31-22(26)30)8-4-7-15-5-2-1-3-6-15/h1-12H,13-14H2,(H,24,27)(H,25,28). The number of benzene rings is 2. The molecule has 3 rings (SSSR count). The van der Waals surface area contributed by atoms with Gasteiger partial charge in [-0.05, 0) is 35.9 Å². The first kappa shape index (κ1) is 22.9. The van der Waals surface area contributed by atoms with Gasteiger partial charge in [-0.2, -0.15) is 0 Å². The van der Waals surface area contributed by atoms with Crippen molar-refractivity contribution in [2.24, 2.45) is 0 Å². The molecule has 9 heteroatoms. The summed E-state index contributed by atoms with van der Waals surface area (Å²) in [5.74, 6) is -1.09. The first-order chi connectivity index (χ1) is 14.9. The number of nitrogens with one attached hydrogen (secondary N) is 2. The average Bonchev–Trinajstić information content (AvgIpc) is 3.04. The lowest BCUT2D eigenvalue weighted by Gasteiger charge is -2.14. The zero-order valence-electron chi connectivity index (χ0n) is 16.2. The summed E-state index contributed by atoms with van der Waals surface area (Å²) in [5.41, 5.74) is 6.14. The van der Waals surface area contributed by atoms with Gasteiger partial charge in [0.15, 0.2) is 0 Å². The SMILES string of the molecule is O=C(CCN1C(=O)C(=CC=Cc2ccccc2)SC1=S)NNC(=O)c1ccc(Br)cc1. The van der Waals surface area contributed by atoms with Crippen molar-refractivity contribution in [1.29, 1.82) is 0 Å². The third-order valence-electron chi connectivity index (χ3n) is 4.19. The molecular weight excluding hydrogens is 498 g/mol. The van der Waals surface area contributed by atoms with Crippen LogP contribution in [0.3, 0.4) is 0 Å². The van der Waals surface area contributed by atoms with E-state index in [9.17, 15) is 14.4 Å². The maximum Gasteiger partial charge on any atom is 0.269 e. The minimum Gasteiger partial charge on any atom is -0.292 e. The van der Waals surface area contributed by atoms with E-state index < -0.39 is 11.8 Å². The van der Waals surface area contributed by atoms with Gasteiger partial charge < -0.3 is 0 Å². The summed E-state index contributed by atoms with van der Waals surface area (Å²) in [7, 11) is 0. The molecule has 1 aliphatic rings. The quantitative estimate of drug-likeness (QED) is 0.344. The number of amides is 3. The maximum absolute atomic E-state index is 12.6. The fourth-order valence-corrected chi connectivity index (χ4v) is 4.12. The number of allylic oxidation sites excluding steroid dienone is 2. The Bertz CT molecular complexity index is 1050. The van der Waals surface area contributed by atoms with Gasteiger partial charge in [-0.1, -0.05) is 82.4 Å². The molecule has 0 radical (unpaired) electrons. The first-order valence-corrected chi connectivity index (χ1v) is 11.3. The first-order valence-electron chi connectivity index (χ1n) is 9.26. The summed E-state index contributed by atoms with van der Waals surface area (Å²) in [4.78, 5) is 38.5. The van der Waals surface area contributed by atoms with Crippen molar-refractivity contribution in [2.75, 3.05) is 6.54 Å². The lowest BCUT2D eigenvalue weighted by Crippen LogP contribution is -2.43. The van der Waals surface area contributed by atoms with Gasteiger partial charge in [0, 0.05) is 23.0 Å². The highest BCUT2D eigenvalue weighted by Crippen LogP contribution is 2.31. The molecule has 158 valence electrons. The van der Waals surface area contributed by atoms with E-state index in [2.05, 4.69) is 26.8 Å². The molecule has 2 N–H and O–H groups in total. The molecule has 0 unspecified atom stereocenters. The van der Waals surface area contributed by atoms with Gasteiger partial charge in [-0.3, -0.25) is 30.1 Å². The molecule has 0 aromatic heterocycles. The molecule has 2 aromatic carbocycles. The molecule has 1 aliphatic heterocycles. The van der Waals surface area contributed by atoms with Gasteiger partial charge in [0.2, 0.25) is 5.91 Å². The van der Waals surface area contributed by atoms with Gasteiger partial charge in [0.25, 0.3) is 11.8 Å². The van der Waals surface area contributed by atoms with Crippen LogP contribution >= 0.6 is 39.9 Å². The van der Waals surface area contributed by atoms with Crippen LogP contribution in [0.4, 0.5) is 0 Å². The number of carbonyl (C=O) groups excluding carboxylic acids is 3. The van der Waals surface area contributed by atoms with Crippen LogP contribution in [0.25, 0.3) is 6.08 Å². The number of hydrogen-bond acceptors (Lipinski definition) is 5. The van der Waals surface area contributed by atoms with Gasteiger partial charge in [0.05, 0.1) is 4.91 Å². The number of nitrogens with zero attached hydrogens (tertiary/aromatic N) is 1. The van der Waals surface area contributed by atoms with Crippen LogP contribution in [0.15, 0.2) is 76.1 Å². The topological polar surface area (TPSA) is 78.5 Å². The summed E-state index contributed by atoms with van der Waals surface area (Å²) < 4.78 is 1.25. The summed E-state index contributed by atoms with van der Waals surface area (Å²) in [6.45, 7) is 0.129. The average molecular weight is 516 g/mol. The predicted molar refractivity (Wildman–Crippen MR) is 130 cm³/mol. The number of thioether (sulfide) groups is 1. The Morgan fingerprint density at radius 3 is 2.48 bits per heavy atom. The maximum atomic E-state index is 12.6. The van der Waals surface area contributed by atoms with Gasteiger partial charge in [0.1, 0.15) is 4.32 Å². The van der Waals surface area contributed by atoms with E-state index in [1.54, 1.807) is 36.4 Å². The zero-order chi connectivity index (χ0) is 22.2. The third-order valence-corrected chi connectivity index (χ3v) is 6.12. The second-order valence-electron chi connectivity index (χ2n) is 6.38. The third kappa shape index (κ3) is 6.61. The van der Waals surface area contributed by atoms with E-state index in [0.717, 1.165) is 10.0 Å². The van der Waals surface area contributed by atoms with Crippen molar-refractivity contribution >= 4 is 68.0 Å². The number of hydrazine groups is 1. The summed E-state index contributed by atoms with van der Waals surface area (Å²) in [6, 6.07) is 16.5. The van der Waals surface area contributed by atoms with Crippen LogP contribution < -0.4 is 10.9 Å². The Hall–Kier alpha value is -2.75. The molecule has 6 nitrogen and oxygen atoms in total. The molecule has 1 heterocycles. The van der Waals surface area contributed by atoms with E-state index in [-0.39, 0.29) is 18.9 Å². The lowest BCUT2D eigenvalue weighted by atomic mass is 10.2. The van der Waals surface area contributed by atoms with Gasteiger partial charge >= 0.3 is 0 Å². The molecule has 3 amide bonds. The van der Waals surface area contributed by atoms with E-state index >= 15 is 0 Å². The lowest BCUT2D eigenvalue weighted by molar-refractivity contribution is -0.124. The second kappa shape index (κ2) is 11.0. The van der Waals surface area contributed by atoms with Crippen LogP contribution in [0.2, 0.25) is 0 Å². The molecule has 31 heavy (non-hydrogen) atoms. The number of halogens is 1. The molecule has 0 spiro atoms. The summed E-state index contributed by atoms with van der Waals surface area (Å²) in [5, 5.41) is 0. The normalized spacial score (nSPS) is 15.0. The van der Waals surface area contributed by atoms with Crippen molar-refractivity contribution in [3.63, 3.8) is 0 Å². The molecule has 1 fully saturated rings. The fraction of sp³-hybridized carbons (Fsp3) is 0.0909. The zero-order valence-corrected chi connectivity index (χ0v) is 19.4. The van der Waals surface area contributed by atoms with Crippen LogP contribution in [0, 0.1) is 0 Å². The molecule has 0 saturated carbocycles. The molecular formula is C22H18BrN3O3S2. The highest BCUT2D eigenvalue weighted by molar-refractivity contribution is 9.10. The Kier molecular flexibility index (Phi) is 8.16. The number of hydrogen-bond donors (Lipinski definition) is 2. The number of rotatable bonds is 6.